The first-order valence-corrected chi connectivity index (χ1v) is 23.9. The number of benzene rings is 3. The Morgan fingerprint density at radius 3 is 1.22 bits per heavy atom. The predicted octanol–water partition coefficient (Wildman–Crippen LogP) is 17.1. The van der Waals surface area contributed by atoms with E-state index in [4.69, 9.17) is 32.7 Å². The van der Waals surface area contributed by atoms with Gasteiger partial charge in [-0.05, 0) is 131 Å². The maximum absolute atomic E-state index is 11.0. The van der Waals surface area contributed by atoms with Gasteiger partial charge in [0.15, 0.2) is 0 Å². The highest BCUT2D eigenvalue weighted by Crippen LogP contribution is 2.35. The molecular weight excluding hydrogens is 782 g/mol. The lowest BCUT2D eigenvalue weighted by atomic mass is 9.87. The van der Waals surface area contributed by atoms with Crippen LogP contribution in [0.1, 0.15) is 185 Å². The second-order valence-electron chi connectivity index (χ2n) is 17.4. The summed E-state index contributed by atoms with van der Waals surface area (Å²) in [6.45, 7) is 40.6. The van der Waals surface area contributed by atoms with Gasteiger partial charge in [-0.2, -0.15) is 0 Å². The van der Waals surface area contributed by atoms with Gasteiger partial charge in [0.2, 0.25) is 5.91 Å². The highest BCUT2D eigenvalue weighted by atomic mass is 35.5. The largest absolute Gasteiger partial charge is 0.495 e. The van der Waals surface area contributed by atoms with Crippen LogP contribution in [0, 0.1) is 23.7 Å². The van der Waals surface area contributed by atoms with Crippen LogP contribution in [0.5, 0.6) is 5.75 Å². The van der Waals surface area contributed by atoms with Crippen LogP contribution in [0.2, 0.25) is 5.02 Å². The number of piperidine rings is 1. The molecule has 0 bridgehead atoms. The molecule has 1 heterocycles. The lowest BCUT2D eigenvalue weighted by molar-refractivity contribution is -0.130. The summed E-state index contributed by atoms with van der Waals surface area (Å²) >= 11 is 11.2. The second kappa shape index (κ2) is 38.2. The molecule has 0 atom stereocenters. The van der Waals surface area contributed by atoms with Gasteiger partial charge in [0.25, 0.3) is 0 Å². The molecular formula is C54H93Cl2NO3. The predicted molar refractivity (Wildman–Crippen MR) is 270 cm³/mol. The number of rotatable bonds is 8. The quantitative estimate of drug-likeness (QED) is 0.212. The number of likely N-dealkylation sites (tertiary alicyclic amines) is 1. The van der Waals surface area contributed by atoms with E-state index in [0.717, 1.165) is 49.1 Å². The molecule has 0 spiro atoms. The number of carbonyl (C=O) groups excluding carboxylic acids is 1. The van der Waals surface area contributed by atoms with Crippen LogP contribution in [0.3, 0.4) is 0 Å². The van der Waals surface area contributed by atoms with Crippen molar-refractivity contribution in [3.8, 4) is 5.75 Å². The van der Waals surface area contributed by atoms with E-state index in [9.17, 15) is 4.79 Å². The minimum atomic E-state index is 0.234. The maximum atomic E-state index is 11.0. The van der Waals surface area contributed by atoms with Gasteiger partial charge in [0.05, 0.1) is 18.2 Å². The molecule has 2 aliphatic rings. The summed E-state index contributed by atoms with van der Waals surface area (Å²) in [6, 6.07) is 26.9. The summed E-state index contributed by atoms with van der Waals surface area (Å²) in [5.74, 6) is 6.49. The number of amides is 1. The molecule has 0 radical (unpaired) electrons. The summed E-state index contributed by atoms with van der Waals surface area (Å²) in [6.07, 6.45) is 5.78. The van der Waals surface area contributed by atoms with Gasteiger partial charge in [-0.3, -0.25) is 4.79 Å². The summed E-state index contributed by atoms with van der Waals surface area (Å²) in [5.41, 5.74) is 4.08. The Bertz CT molecular complexity index is 1330. The van der Waals surface area contributed by atoms with Crippen molar-refractivity contribution in [1.29, 1.82) is 0 Å². The molecule has 6 heteroatoms. The number of halogens is 2. The van der Waals surface area contributed by atoms with Crippen LogP contribution in [-0.2, 0) is 9.53 Å². The smallest absolute Gasteiger partial charge is 0.219 e. The van der Waals surface area contributed by atoms with Crippen molar-refractivity contribution in [2.75, 3.05) is 26.8 Å². The Labute approximate surface area is 382 Å². The fraction of sp³-hybridized carbons (Fsp3) is 0.648. The molecule has 1 aliphatic heterocycles. The lowest BCUT2D eigenvalue weighted by Crippen LogP contribution is -2.38. The number of hydrogen-bond donors (Lipinski definition) is 0. The molecule has 0 unspecified atom stereocenters. The van der Waals surface area contributed by atoms with Crippen molar-refractivity contribution in [2.45, 2.75) is 180 Å². The van der Waals surface area contributed by atoms with Crippen molar-refractivity contribution in [2.24, 2.45) is 23.7 Å². The van der Waals surface area contributed by atoms with Gasteiger partial charge in [0.1, 0.15) is 5.75 Å². The minimum absolute atomic E-state index is 0.234. The van der Waals surface area contributed by atoms with E-state index in [1.807, 2.05) is 83.7 Å². The van der Waals surface area contributed by atoms with Gasteiger partial charge in [-0.25, -0.2) is 0 Å². The molecule has 60 heavy (non-hydrogen) atoms. The van der Waals surface area contributed by atoms with Crippen LogP contribution in [0.25, 0.3) is 0 Å². The molecule has 1 amide bonds. The topological polar surface area (TPSA) is 38.8 Å². The first-order valence-electron chi connectivity index (χ1n) is 23.1. The highest BCUT2D eigenvalue weighted by Gasteiger charge is 2.24. The van der Waals surface area contributed by atoms with Crippen molar-refractivity contribution in [3.63, 3.8) is 0 Å². The van der Waals surface area contributed by atoms with Crippen LogP contribution >= 0.6 is 23.2 Å². The molecule has 4 nitrogen and oxygen atoms in total. The molecule has 3 aromatic carbocycles. The summed E-state index contributed by atoms with van der Waals surface area (Å²) in [5, 5.41) is 0.974. The van der Waals surface area contributed by atoms with Crippen LogP contribution in [0.4, 0.5) is 0 Å². The van der Waals surface area contributed by atoms with E-state index in [-0.39, 0.29) is 5.91 Å². The molecule has 346 valence electrons. The van der Waals surface area contributed by atoms with Gasteiger partial charge in [-0.1, -0.05) is 161 Å². The molecule has 0 N–H and O–H groups in total. The summed E-state index contributed by atoms with van der Waals surface area (Å²) < 4.78 is 10.1. The zero-order valence-corrected chi connectivity index (χ0v) is 43.6. The van der Waals surface area contributed by atoms with Gasteiger partial charge in [-0.15, -0.1) is 11.6 Å². The lowest BCUT2D eigenvalue weighted by Gasteiger charge is -2.33. The Morgan fingerprint density at radius 2 is 1.00 bits per heavy atom. The number of nitrogens with zero attached hydrogens (tertiary/aromatic N) is 1. The number of hydrogen-bond acceptors (Lipinski definition) is 3. The van der Waals surface area contributed by atoms with E-state index in [2.05, 4.69) is 118 Å². The normalized spacial score (nSPS) is 13.1. The number of methoxy groups -OCH3 is 1. The van der Waals surface area contributed by atoms with Gasteiger partial charge in [0, 0.05) is 32.0 Å². The van der Waals surface area contributed by atoms with Crippen molar-refractivity contribution in [3.05, 3.63) is 101 Å². The number of carbonyl (C=O) groups is 1. The zero-order valence-electron chi connectivity index (χ0n) is 42.1. The van der Waals surface area contributed by atoms with Crippen molar-refractivity contribution in [1.82, 2.24) is 4.90 Å². The molecule has 2 fully saturated rings. The fourth-order valence-electron chi connectivity index (χ4n) is 5.69. The minimum Gasteiger partial charge on any atom is -0.495 e. The average Bonchev–Trinajstić information content (AvgIpc) is 4.07. The van der Waals surface area contributed by atoms with Crippen LogP contribution in [-0.4, -0.2) is 49.1 Å². The van der Waals surface area contributed by atoms with Crippen LogP contribution < -0.4 is 4.74 Å². The summed E-state index contributed by atoms with van der Waals surface area (Å²) in [4.78, 5) is 13.0. The van der Waals surface area contributed by atoms with E-state index < -0.39 is 0 Å². The van der Waals surface area contributed by atoms with E-state index in [1.165, 1.54) is 42.4 Å². The SMILES string of the molecule is CC.CC(=O)N1CCC(C(C)C)CC1.CC(C)C1CC1.CC(C)Cl.CC(C)c1ccccc1.CC(C)c1ccccc1.CCOC(C)C.COc1cc(C(C)C)ccc1Cl. The van der Waals surface area contributed by atoms with E-state index in [0.29, 0.717) is 34.3 Å². The molecule has 3 aromatic rings. The third-order valence-corrected chi connectivity index (χ3v) is 10.1. The van der Waals surface area contributed by atoms with E-state index in [1.54, 1.807) is 14.0 Å². The van der Waals surface area contributed by atoms with Crippen LogP contribution in [0.15, 0.2) is 78.9 Å². The van der Waals surface area contributed by atoms with Crippen molar-refractivity contribution < 1.29 is 14.3 Å². The molecule has 1 aliphatic carbocycles. The second-order valence-corrected chi connectivity index (χ2v) is 18.6. The number of ether oxygens (including phenoxy) is 2. The Kier molecular flexibility index (Phi) is 39.3. The standard InChI is InChI=1S/C10H13ClO.C10H19NO.2C9H12.C6H12.C5H12O.C3H7Cl.C2H6/c1-7(2)8-4-5-9(11)10(6-8)12-3;1-8(2)10-4-6-11(7-5-10)9(3)12;2*1-8(2)9-6-4-3-5-7-9;1-5(2)6-3-4-6;1-4-6-5(2)3;1-3(2)4;1-2/h4-7H,1-3H3;8,10H,4-7H2,1-3H3;2*3-8H,1-2H3;5-6H,3-4H2,1-2H3;5H,4H2,1-3H3;3H,1-2H3;1-2H3. The van der Waals surface area contributed by atoms with Crippen molar-refractivity contribution >= 4 is 29.1 Å². The molecule has 5 rings (SSSR count). The third-order valence-electron chi connectivity index (χ3n) is 9.77. The molecule has 1 saturated carbocycles. The Hall–Kier alpha value is -2.53. The fourth-order valence-corrected chi connectivity index (χ4v) is 5.88. The maximum Gasteiger partial charge on any atom is 0.219 e. The summed E-state index contributed by atoms with van der Waals surface area (Å²) in [7, 11) is 1.63. The highest BCUT2D eigenvalue weighted by molar-refractivity contribution is 6.32. The van der Waals surface area contributed by atoms with E-state index >= 15 is 0 Å². The average molecular weight is 875 g/mol. The molecule has 1 saturated heterocycles. The Balaban J connectivity index is -0.000000643. The Morgan fingerprint density at radius 1 is 0.633 bits per heavy atom. The third kappa shape index (κ3) is 35.1. The first-order chi connectivity index (χ1) is 28.2. The number of alkyl halides is 1. The van der Waals surface area contributed by atoms with Gasteiger partial charge >= 0.3 is 0 Å². The van der Waals surface area contributed by atoms with Gasteiger partial charge < -0.3 is 14.4 Å². The molecule has 0 aromatic heterocycles. The first kappa shape index (κ1) is 61.8. The monoisotopic (exact) mass is 874 g/mol. The zero-order chi connectivity index (χ0) is 46.8.